The predicted molar refractivity (Wildman–Crippen MR) is 116 cm³/mol. The molecule has 0 unspecified atom stereocenters. The maximum Gasteiger partial charge on any atom is 0.243 e. The summed E-state index contributed by atoms with van der Waals surface area (Å²) in [6.45, 7) is 4.66. The number of nitrogens with one attached hydrogen (secondary N) is 1. The van der Waals surface area contributed by atoms with Gasteiger partial charge in [0.2, 0.25) is 15.9 Å². The smallest absolute Gasteiger partial charge is 0.243 e. The van der Waals surface area contributed by atoms with Gasteiger partial charge in [0.05, 0.1) is 21.0 Å². The molecule has 0 bridgehead atoms. The number of carbonyl (C=O) groups is 1. The van der Waals surface area contributed by atoms with Gasteiger partial charge in [0.15, 0.2) is 5.13 Å². The van der Waals surface area contributed by atoms with E-state index in [9.17, 15) is 13.2 Å². The van der Waals surface area contributed by atoms with Gasteiger partial charge in [-0.25, -0.2) is 13.4 Å². The van der Waals surface area contributed by atoms with Gasteiger partial charge >= 0.3 is 0 Å². The molecule has 0 radical (unpaired) electrons. The van der Waals surface area contributed by atoms with Crippen LogP contribution in [0.3, 0.4) is 0 Å². The van der Waals surface area contributed by atoms with Crippen LogP contribution in [0.1, 0.15) is 24.0 Å². The topological polar surface area (TPSA) is 79.4 Å². The van der Waals surface area contributed by atoms with Crippen LogP contribution in [-0.4, -0.2) is 36.7 Å². The number of carbonyl (C=O) groups excluding carboxylic acids is 1. The standard InChI is InChI=1S/C21H23N3O3S2/c1-14-11-15(2)19-18(12-14)28-21(22-19)23-20(25)16-7-6-10-24(13-16)29(26,27)17-8-4-3-5-9-17/h3-5,8-9,11-12,16H,6-7,10,13H2,1-2H3,(H,22,23,25)/t16-/m1/s1. The van der Waals surface area contributed by atoms with Crippen LogP contribution >= 0.6 is 11.3 Å². The largest absolute Gasteiger partial charge is 0.302 e. The van der Waals surface area contributed by atoms with E-state index in [1.165, 1.54) is 15.6 Å². The van der Waals surface area contributed by atoms with Crippen molar-refractivity contribution in [2.45, 2.75) is 31.6 Å². The van der Waals surface area contributed by atoms with Crippen LogP contribution in [0, 0.1) is 19.8 Å². The van der Waals surface area contributed by atoms with E-state index in [2.05, 4.69) is 22.4 Å². The van der Waals surface area contributed by atoms with Gasteiger partial charge < -0.3 is 5.32 Å². The number of hydrogen-bond acceptors (Lipinski definition) is 5. The number of thiazole rings is 1. The highest BCUT2D eigenvalue weighted by molar-refractivity contribution is 7.89. The zero-order chi connectivity index (χ0) is 20.6. The first kappa shape index (κ1) is 20.0. The van der Waals surface area contributed by atoms with Gasteiger partial charge in [0, 0.05) is 13.1 Å². The van der Waals surface area contributed by atoms with Crippen molar-refractivity contribution in [3.63, 3.8) is 0 Å². The maximum atomic E-state index is 12.9. The summed E-state index contributed by atoms with van der Waals surface area (Å²) in [7, 11) is -3.59. The fraction of sp³-hybridized carbons (Fsp3) is 0.333. The molecule has 1 fully saturated rings. The third-order valence-electron chi connectivity index (χ3n) is 5.20. The Morgan fingerprint density at radius 2 is 1.97 bits per heavy atom. The lowest BCUT2D eigenvalue weighted by molar-refractivity contribution is -0.120. The first-order valence-electron chi connectivity index (χ1n) is 9.58. The third kappa shape index (κ3) is 4.05. The van der Waals surface area contributed by atoms with Crippen LogP contribution < -0.4 is 5.32 Å². The van der Waals surface area contributed by atoms with Gasteiger partial charge in [-0.1, -0.05) is 35.6 Å². The van der Waals surface area contributed by atoms with Crippen molar-refractivity contribution in [2.24, 2.45) is 5.92 Å². The van der Waals surface area contributed by atoms with Crippen LogP contribution in [0.25, 0.3) is 10.2 Å². The summed E-state index contributed by atoms with van der Waals surface area (Å²) in [6.07, 6.45) is 1.32. The second-order valence-electron chi connectivity index (χ2n) is 7.45. The molecule has 2 aromatic carbocycles. The molecule has 3 aromatic rings. The van der Waals surface area contributed by atoms with Crippen molar-refractivity contribution in [2.75, 3.05) is 18.4 Å². The van der Waals surface area contributed by atoms with Gasteiger partial charge in [0.25, 0.3) is 0 Å². The van der Waals surface area contributed by atoms with Crippen molar-refractivity contribution in [1.29, 1.82) is 0 Å². The predicted octanol–water partition coefficient (Wildman–Crippen LogP) is 3.95. The van der Waals surface area contributed by atoms with E-state index in [4.69, 9.17) is 0 Å². The van der Waals surface area contributed by atoms with E-state index in [0.717, 1.165) is 21.3 Å². The lowest BCUT2D eigenvalue weighted by atomic mass is 9.99. The van der Waals surface area contributed by atoms with Gasteiger partial charge in [-0.2, -0.15) is 4.31 Å². The molecule has 1 atom stereocenters. The molecule has 1 N–H and O–H groups in total. The van der Waals surface area contributed by atoms with E-state index in [1.807, 2.05) is 13.8 Å². The summed E-state index contributed by atoms with van der Waals surface area (Å²) in [5, 5.41) is 3.46. The van der Waals surface area contributed by atoms with E-state index in [-0.39, 0.29) is 17.3 Å². The summed E-state index contributed by atoms with van der Waals surface area (Å²) >= 11 is 1.45. The molecule has 0 spiro atoms. The number of benzene rings is 2. The highest BCUT2D eigenvalue weighted by Crippen LogP contribution is 2.30. The Balaban J connectivity index is 1.50. The summed E-state index contributed by atoms with van der Waals surface area (Å²) < 4.78 is 28.2. The molecule has 4 rings (SSSR count). The monoisotopic (exact) mass is 429 g/mol. The normalized spacial score (nSPS) is 18.1. The minimum Gasteiger partial charge on any atom is -0.302 e. The Labute approximate surface area is 174 Å². The number of rotatable bonds is 4. The van der Waals surface area contributed by atoms with Crippen molar-refractivity contribution in [1.82, 2.24) is 9.29 Å². The third-order valence-corrected chi connectivity index (χ3v) is 7.99. The fourth-order valence-corrected chi connectivity index (χ4v) is 6.34. The van der Waals surface area contributed by atoms with Crippen molar-refractivity contribution >= 4 is 42.6 Å². The lowest BCUT2D eigenvalue weighted by Gasteiger charge is -2.31. The number of nitrogens with zero attached hydrogens (tertiary/aromatic N) is 2. The molecule has 152 valence electrons. The van der Waals surface area contributed by atoms with Crippen molar-refractivity contribution in [3.8, 4) is 0 Å². The SMILES string of the molecule is Cc1cc(C)c2nc(NC(=O)[C@@H]3CCCN(S(=O)(=O)c4ccccc4)C3)sc2c1. The van der Waals surface area contributed by atoms with Crippen LogP contribution in [0.4, 0.5) is 5.13 Å². The molecule has 8 heteroatoms. The van der Waals surface area contributed by atoms with Crippen LogP contribution in [0.5, 0.6) is 0 Å². The van der Waals surface area contributed by atoms with Gasteiger partial charge in [-0.3, -0.25) is 4.79 Å². The van der Waals surface area contributed by atoms with E-state index < -0.39 is 15.9 Å². The number of piperidine rings is 1. The second-order valence-corrected chi connectivity index (χ2v) is 10.4. The average Bonchev–Trinajstić information content (AvgIpc) is 3.11. The number of hydrogen-bond donors (Lipinski definition) is 1. The fourth-order valence-electron chi connectivity index (χ4n) is 3.75. The second kappa shape index (κ2) is 7.85. The van der Waals surface area contributed by atoms with Gasteiger partial charge in [0.1, 0.15) is 0 Å². The zero-order valence-corrected chi connectivity index (χ0v) is 18.0. The summed E-state index contributed by atoms with van der Waals surface area (Å²) in [6, 6.07) is 12.5. The summed E-state index contributed by atoms with van der Waals surface area (Å²) in [5.74, 6) is -0.566. The van der Waals surface area contributed by atoms with E-state index >= 15 is 0 Å². The van der Waals surface area contributed by atoms with E-state index in [1.54, 1.807) is 30.3 Å². The zero-order valence-electron chi connectivity index (χ0n) is 16.4. The molecule has 1 saturated heterocycles. The molecular formula is C21H23N3O3S2. The molecule has 1 aliphatic heterocycles. The van der Waals surface area contributed by atoms with Gasteiger partial charge in [-0.05, 0) is 56.0 Å². The average molecular weight is 430 g/mol. The first-order valence-corrected chi connectivity index (χ1v) is 11.8. The Morgan fingerprint density at radius 1 is 1.21 bits per heavy atom. The highest BCUT2D eigenvalue weighted by atomic mass is 32.2. The minimum absolute atomic E-state index is 0.175. The molecular weight excluding hydrogens is 406 g/mol. The molecule has 6 nitrogen and oxygen atoms in total. The number of aryl methyl sites for hydroxylation is 2. The highest BCUT2D eigenvalue weighted by Gasteiger charge is 2.33. The molecule has 0 aliphatic carbocycles. The van der Waals surface area contributed by atoms with Crippen LogP contribution in [0.2, 0.25) is 0 Å². The Kier molecular flexibility index (Phi) is 5.42. The van der Waals surface area contributed by atoms with Gasteiger partial charge in [-0.15, -0.1) is 0 Å². The van der Waals surface area contributed by atoms with Crippen molar-refractivity contribution in [3.05, 3.63) is 53.6 Å². The Morgan fingerprint density at radius 3 is 2.72 bits per heavy atom. The first-order chi connectivity index (χ1) is 13.8. The number of anilines is 1. The molecule has 1 amide bonds. The Hall–Kier alpha value is -2.29. The Bertz CT molecular complexity index is 1160. The molecule has 1 aliphatic rings. The number of amides is 1. The van der Waals surface area contributed by atoms with E-state index in [0.29, 0.717) is 24.5 Å². The molecule has 2 heterocycles. The summed E-state index contributed by atoms with van der Waals surface area (Å²) in [5.41, 5.74) is 3.13. The number of sulfonamides is 1. The number of fused-ring (bicyclic) bond motifs is 1. The molecule has 0 saturated carbocycles. The molecule has 1 aromatic heterocycles. The number of aromatic nitrogens is 1. The lowest BCUT2D eigenvalue weighted by Crippen LogP contribution is -2.43. The summed E-state index contributed by atoms with van der Waals surface area (Å²) in [4.78, 5) is 17.7. The quantitative estimate of drug-likeness (QED) is 0.681. The molecule has 29 heavy (non-hydrogen) atoms. The minimum atomic E-state index is -3.59. The van der Waals surface area contributed by atoms with Crippen molar-refractivity contribution < 1.29 is 13.2 Å². The van der Waals surface area contributed by atoms with Crippen LogP contribution in [-0.2, 0) is 14.8 Å². The van der Waals surface area contributed by atoms with Crippen LogP contribution in [0.15, 0.2) is 47.4 Å². The maximum absolute atomic E-state index is 12.9.